The van der Waals surface area contributed by atoms with E-state index in [9.17, 15) is 22.4 Å². The summed E-state index contributed by atoms with van der Waals surface area (Å²) in [6.45, 7) is 4.30. The van der Waals surface area contributed by atoms with E-state index in [4.69, 9.17) is 23.2 Å². The van der Waals surface area contributed by atoms with E-state index in [0.29, 0.717) is 6.42 Å². The Balaban J connectivity index is 2.06. The lowest BCUT2D eigenvalue weighted by atomic mass is 10.1. The molecule has 2 amide bonds. The minimum Gasteiger partial charge on any atom is -0.352 e. The zero-order valence-electron chi connectivity index (χ0n) is 21.8. The monoisotopic (exact) mass is 593 g/mol. The fourth-order valence-corrected chi connectivity index (χ4v) is 5.72. The summed E-state index contributed by atoms with van der Waals surface area (Å²) in [6, 6.07) is 16.5. The number of nitrogens with one attached hydrogen (secondary N) is 1. The molecule has 0 spiro atoms. The summed E-state index contributed by atoms with van der Waals surface area (Å²) in [7, 11) is -4.27. The lowest BCUT2D eigenvalue weighted by molar-refractivity contribution is -0.139. The van der Waals surface area contributed by atoms with Crippen molar-refractivity contribution in [3.8, 4) is 0 Å². The summed E-state index contributed by atoms with van der Waals surface area (Å²) in [5.74, 6) is -1.72. The first-order chi connectivity index (χ1) is 18.4. The van der Waals surface area contributed by atoms with Gasteiger partial charge in [0.25, 0.3) is 10.0 Å². The van der Waals surface area contributed by atoms with Crippen LogP contribution in [0.25, 0.3) is 0 Å². The van der Waals surface area contributed by atoms with Crippen molar-refractivity contribution < 1.29 is 22.4 Å². The van der Waals surface area contributed by atoms with Gasteiger partial charge in [0.05, 0.1) is 10.6 Å². The second-order valence-electron chi connectivity index (χ2n) is 9.06. The Labute approximate surface area is 238 Å². The molecule has 3 aromatic rings. The number of sulfonamides is 1. The van der Waals surface area contributed by atoms with Crippen LogP contribution in [0.4, 0.5) is 10.1 Å². The molecular formula is C28H30Cl2FN3O4S. The third-order valence-electron chi connectivity index (χ3n) is 6.21. The maximum atomic E-state index is 14.6. The van der Waals surface area contributed by atoms with Crippen LogP contribution in [0.3, 0.4) is 0 Å². The Morgan fingerprint density at radius 2 is 1.54 bits per heavy atom. The van der Waals surface area contributed by atoms with Crippen molar-refractivity contribution >= 4 is 50.7 Å². The average Bonchev–Trinajstić information content (AvgIpc) is 2.90. The van der Waals surface area contributed by atoms with E-state index in [1.54, 1.807) is 24.3 Å². The van der Waals surface area contributed by atoms with Crippen LogP contribution in [0.15, 0.2) is 77.7 Å². The van der Waals surface area contributed by atoms with Gasteiger partial charge in [-0.2, -0.15) is 0 Å². The van der Waals surface area contributed by atoms with E-state index in [1.807, 2.05) is 13.8 Å². The van der Waals surface area contributed by atoms with Gasteiger partial charge in [-0.25, -0.2) is 12.8 Å². The lowest BCUT2D eigenvalue weighted by Gasteiger charge is -2.32. The number of rotatable bonds is 11. The molecule has 3 rings (SSSR count). The van der Waals surface area contributed by atoms with Crippen molar-refractivity contribution in [3.05, 3.63) is 94.2 Å². The Hall–Kier alpha value is -3.14. The Morgan fingerprint density at radius 1 is 0.949 bits per heavy atom. The van der Waals surface area contributed by atoms with Gasteiger partial charge >= 0.3 is 0 Å². The SMILES string of the molecule is CCC(C)NC(=O)C(C)N(Cc1ccccc1F)C(=O)CN(c1cc(Cl)cc(Cl)c1)S(=O)(=O)c1ccccc1. The molecule has 0 saturated heterocycles. The number of benzene rings is 3. The van der Waals surface area contributed by atoms with Gasteiger partial charge in [0.2, 0.25) is 11.8 Å². The molecule has 2 atom stereocenters. The molecule has 0 bridgehead atoms. The molecule has 208 valence electrons. The van der Waals surface area contributed by atoms with Gasteiger partial charge in [-0.15, -0.1) is 0 Å². The molecule has 0 saturated carbocycles. The molecule has 0 aliphatic heterocycles. The molecule has 0 aromatic heterocycles. The Bertz CT molecular complexity index is 1400. The van der Waals surface area contributed by atoms with Gasteiger partial charge in [-0.3, -0.25) is 13.9 Å². The van der Waals surface area contributed by atoms with E-state index in [-0.39, 0.29) is 38.8 Å². The van der Waals surface area contributed by atoms with Crippen LogP contribution in [-0.2, 0) is 26.2 Å². The third kappa shape index (κ3) is 7.71. The second-order valence-corrected chi connectivity index (χ2v) is 11.8. The number of carbonyl (C=O) groups excluding carboxylic acids is 2. The summed E-state index contributed by atoms with van der Waals surface area (Å²) in [5.41, 5.74) is 0.240. The van der Waals surface area contributed by atoms with Gasteiger partial charge in [0, 0.05) is 28.2 Å². The summed E-state index contributed by atoms with van der Waals surface area (Å²) in [6.07, 6.45) is 0.665. The first-order valence-corrected chi connectivity index (χ1v) is 14.5. The van der Waals surface area contributed by atoms with Crippen molar-refractivity contribution in [1.29, 1.82) is 0 Å². The number of anilines is 1. The Kier molecular flexibility index (Phi) is 10.4. The molecule has 2 unspecified atom stereocenters. The first-order valence-electron chi connectivity index (χ1n) is 12.3. The fourth-order valence-electron chi connectivity index (χ4n) is 3.79. The number of carbonyl (C=O) groups is 2. The van der Waals surface area contributed by atoms with E-state index < -0.39 is 40.2 Å². The minimum atomic E-state index is -4.27. The third-order valence-corrected chi connectivity index (χ3v) is 8.44. The van der Waals surface area contributed by atoms with Gasteiger partial charge in [-0.05, 0) is 56.7 Å². The second kappa shape index (κ2) is 13.3. The highest BCUT2D eigenvalue weighted by molar-refractivity contribution is 7.92. The molecule has 0 radical (unpaired) electrons. The Morgan fingerprint density at radius 3 is 2.13 bits per heavy atom. The summed E-state index contributed by atoms with van der Waals surface area (Å²) >= 11 is 12.3. The van der Waals surface area contributed by atoms with Gasteiger partial charge in [-0.1, -0.05) is 66.5 Å². The number of nitrogens with zero attached hydrogens (tertiary/aromatic N) is 2. The van der Waals surface area contributed by atoms with E-state index >= 15 is 0 Å². The van der Waals surface area contributed by atoms with Crippen LogP contribution in [0.5, 0.6) is 0 Å². The topological polar surface area (TPSA) is 86.8 Å². The van der Waals surface area contributed by atoms with Gasteiger partial charge < -0.3 is 10.2 Å². The largest absolute Gasteiger partial charge is 0.352 e. The van der Waals surface area contributed by atoms with Crippen LogP contribution >= 0.6 is 23.2 Å². The van der Waals surface area contributed by atoms with Crippen molar-refractivity contribution in [2.45, 2.75) is 50.7 Å². The molecule has 11 heteroatoms. The zero-order valence-corrected chi connectivity index (χ0v) is 24.1. The molecule has 0 fully saturated rings. The van der Waals surface area contributed by atoms with Crippen molar-refractivity contribution in [3.63, 3.8) is 0 Å². The summed E-state index contributed by atoms with van der Waals surface area (Å²) < 4.78 is 43.0. The molecule has 0 aliphatic carbocycles. The number of amides is 2. The normalized spacial score (nSPS) is 12.9. The van der Waals surface area contributed by atoms with E-state index in [0.717, 1.165) is 9.21 Å². The van der Waals surface area contributed by atoms with Crippen molar-refractivity contribution in [2.24, 2.45) is 0 Å². The molecule has 3 aromatic carbocycles. The maximum absolute atomic E-state index is 14.6. The van der Waals surface area contributed by atoms with Gasteiger partial charge in [0.15, 0.2) is 0 Å². The van der Waals surface area contributed by atoms with Crippen LogP contribution in [0.2, 0.25) is 10.0 Å². The highest BCUT2D eigenvalue weighted by atomic mass is 35.5. The molecule has 39 heavy (non-hydrogen) atoms. The number of hydrogen-bond donors (Lipinski definition) is 1. The smallest absolute Gasteiger partial charge is 0.264 e. The molecule has 1 N–H and O–H groups in total. The zero-order chi connectivity index (χ0) is 28.7. The number of hydrogen-bond acceptors (Lipinski definition) is 4. The van der Waals surface area contributed by atoms with Crippen molar-refractivity contribution in [1.82, 2.24) is 10.2 Å². The highest BCUT2D eigenvalue weighted by Crippen LogP contribution is 2.30. The average molecular weight is 595 g/mol. The highest BCUT2D eigenvalue weighted by Gasteiger charge is 2.33. The predicted octanol–water partition coefficient (Wildman–Crippen LogP) is 5.66. The standard InChI is InChI=1S/C28H30Cl2FN3O4S/c1-4-19(2)32-28(36)20(3)33(17-21-10-8-9-13-26(21)31)27(35)18-34(24-15-22(29)14-23(30)16-24)39(37,38)25-11-6-5-7-12-25/h5-16,19-20H,4,17-18H2,1-3H3,(H,32,36). The molecular weight excluding hydrogens is 564 g/mol. The molecule has 7 nitrogen and oxygen atoms in total. The van der Waals surface area contributed by atoms with Crippen LogP contribution < -0.4 is 9.62 Å². The summed E-state index contributed by atoms with van der Waals surface area (Å²) in [4.78, 5) is 28.0. The van der Waals surface area contributed by atoms with Crippen molar-refractivity contribution in [2.75, 3.05) is 10.8 Å². The molecule has 0 aliphatic rings. The minimum absolute atomic E-state index is 0.0582. The number of halogens is 3. The maximum Gasteiger partial charge on any atom is 0.264 e. The quantitative estimate of drug-likeness (QED) is 0.311. The van der Waals surface area contributed by atoms with Crippen LogP contribution in [0.1, 0.15) is 32.8 Å². The molecule has 0 heterocycles. The van der Waals surface area contributed by atoms with E-state index in [2.05, 4.69) is 5.32 Å². The first kappa shape index (κ1) is 30.4. The van der Waals surface area contributed by atoms with Gasteiger partial charge in [0.1, 0.15) is 18.4 Å². The van der Waals surface area contributed by atoms with E-state index in [1.165, 1.54) is 55.5 Å². The summed E-state index contributed by atoms with van der Waals surface area (Å²) in [5, 5.41) is 3.17. The lowest BCUT2D eigenvalue weighted by Crippen LogP contribution is -2.52. The van der Waals surface area contributed by atoms with Crippen LogP contribution in [0, 0.1) is 5.82 Å². The van der Waals surface area contributed by atoms with Crippen LogP contribution in [-0.4, -0.2) is 43.8 Å². The predicted molar refractivity (Wildman–Crippen MR) is 152 cm³/mol. The fraction of sp³-hybridized carbons (Fsp3) is 0.286.